The molecular formula is C10H18N2O5S. The monoisotopic (exact) mass is 278 g/mol. The molecule has 0 saturated heterocycles. The van der Waals surface area contributed by atoms with Crippen LogP contribution in [0.25, 0.3) is 0 Å². The Bertz CT molecular complexity index is 285. The minimum absolute atomic E-state index is 0.453. The van der Waals surface area contributed by atoms with Gasteiger partial charge < -0.3 is 15.2 Å². The van der Waals surface area contributed by atoms with Crippen LogP contribution in [0.15, 0.2) is 0 Å². The average Bonchev–Trinajstić information content (AvgIpc) is 2.28. The number of carbonyl (C=O) groups excluding carboxylic acids is 2. The molecule has 0 atom stereocenters. The molecule has 3 amide bonds. The van der Waals surface area contributed by atoms with Crippen LogP contribution in [0.2, 0.25) is 0 Å². The van der Waals surface area contributed by atoms with Crippen LogP contribution in [0.3, 0.4) is 0 Å². The van der Waals surface area contributed by atoms with Crippen molar-refractivity contribution >= 4 is 29.7 Å². The number of nitrogens with one attached hydrogen (secondary N) is 2. The van der Waals surface area contributed by atoms with E-state index >= 15 is 0 Å². The summed E-state index contributed by atoms with van der Waals surface area (Å²) in [6, 6.07) is -0.597. The first-order valence-electron chi connectivity index (χ1n) is 5.51. The van der Waals surface area contributed by atoms with Crippen LogP contribution >= 0.6 is 11.8 Å². The van der Waals surface area contributed by atoms with E-state index in [2.05, 4.69) is 17.0 Å². The zero-order valence-corrected chi connectivity index (χ0v) is 11.0. The number of amides is 3. The third-order valence-electron chi connectivity index (χ3n) is 1.67. The van der Waals surface area contributed by atoms with Crippen molar-refractivity contribution in [2.45, 2.75) is 13.3 Å². The molecule has 0 saturated carbocycles. The Morgan fingerprint density at radius 1 is 1.28 bits per heavy atom. The van der Waals surface area contributed by atoms with Crippen molar-refractivity contribution in [3.8, 4) is 0 Å². The number of ether oxygens (including phenoxy) is 1. The molecule has 0 spiro atoms. The van der Waals surface area contributed by atoms with Crippen molar-refractivity contribution in [2.24, 2.45) is 0 Å². The highest BCUT2D eigenvalue weighted by Crippen LogP contribution is 1.99. The Kier molecular flexibility index (Phi) is 10.1. The van der Waals surface area contributed by atoms with Gasteiger partial charge in [0.1, 0.15) is 13.2 Å². The normalized spacial score (nSPS) is 9.83. The van der Waals surface area contributed by atoms with Crippen molar-refractivity contribution in [2.75, 3.05) is 31.3 Å². The largest absolute Gasteiger partial charge is 0.480 e. The first-order chi connectivity index (χ1) is 8.56. The molecule has 7 nitrogen and oxygen atoms in total. The van der Waals surface area contributed by atoms with Gasteiger partial charge in [0, 0.05) is 6.54 Å². The van der Waals surface area contributed by atoms with E-state index in [1.807, 2.05) is 5.32 Å². The second-order valence-corrected chi connectivity index (χ2v) is 4.63. The van der Waals surface area contributed by atoms with Gasteiger partial charge in [0.2, 0.25) is 0 Å². The number of thioether (sulfide) groups is 1. The summed E-state index contributed by atoms with van der Waals surface area (Å²) in [7, 11) is 0. The number of rotatable bonds is 9. The summed E-state index contributed by atoms with van der Waals surface area (Å²) in [5.41, 5.74) is 0. The first kappa shape index (κ1) is 16.7. The average molecular weight is 278 g/mol. The van der Waals surface area contributed by atoms with Crippen molar-refractivity contribution in [1.29, 1.82) is 0 Å². The highest BCUT2D eigenvalue weighted by atomic mass is 32.2. The smallest absolute Gasteiger partial charge is 0.329 e. The van der Waals surface area contributed by atoms with Gasteiger partial charge in [-0.2, -0.15) is 11.8 Å². The Morgan fingerprint density at radius 2 is 2.00 bits per heavy atom. The van der Waals surface area contributed by atoms with Gasteiger partial charge in [0.05, 0.1) is 0 Å². The molecule has 0 heterocycles. The van der Waals surface area contributed by atoms with E-state index in [-0.39, 0.29) is 0 Å². The fourth-order valence-electron chi connectivity index (χ4n) is 0.958. The third kappa shape index (κ3) is 11.2. The summed E-state index contributed by atoms with van der Waals surface area (Å²) >= 11 is 1.77. The number of carboxylic acid groups (broad SMARTS) is 1. The molecule has 104 valence electrons. The van der Waals surface area contributed by atoms with Crippen molar-refractivity contribution < 1.29 is 24.2 Å². The molecule has 0 aromatic carbocycles. The summed E-state index contributed by atoms with van der Waals surface area (Å²) in [6.45, 7) is 1.53. The summed E-state index contributed by atoms with van der Waals surface area (Å²) in [5.74, 6) is 0.148. The number of carbonyl (C=O) groups is 3. The van der Waals surface area contributed by atoms with E-state index in [0.717, 1.165) is 17.9 Å². The van der Waals surface area contributed by atoms with Crippen molar-refractivity contribution in [3.63, 3.8) is 0 Å². The van der Waals surface area contributed by atoms with E-state index in [0.29, 0.717) is 6.54 Å². The highest BCUT2D eigenvalue weighted by Gasteiger charge is 2.07. The molecule has 0 aliphatic rings. The molecule has 0 aromatic heterocycles. The molecular weight excluding hydrogens is 260 g/mol. The van der Waals surface area contributed by atoms with Gasteiger partial charge in [0.25, 0.3) is 5.91 Å². The lowest BCUT2D eigenvalue weighted by Crippen LogP contribution is -2.41. The van der Waals surface area contributed by atoms with Crippen LogP contribution in [0.1, 0.15) is 13.3 Å². The highest BCUT2D eigenvalue weighted by molar-refractivity contribution is 7.99. The molecule has 0 rings (SSSR count). The van der Waals surface area contributed by atoms with Crippen molar-refractivity contribution in [1.82, 2.24) is 10.6 Å². The second kappa shape index (κ2) is 10.8. The quantitative estimate of drug-likeness (QED) is 0.515. The van der Waals surface area contributed by atoms with Gasteiger partial charge in [-0.25, -0.2) is 9.59 Å². The lowest BCUT2D eigenvalue weighted by atomic mass is 10.5. The molecule has 0 aromatic rings. The summed E-state index contributed by atoms with van der Waals surface area (Å²) < 4.78 is 4.52. The topological polar surface area (TPSA) is 105 Å². The fourth-order valence-corrected chi connectivity index (χ4v) is 1.60. The molecule has 0 unspecified atom stereocenters. The zero-order chi connectivity index (χ0) is 13.8. The van der Waals surface area contributed by atoms with E-state index in [4.69, 9.17) is 5.11 Å². The molecule has 3 N–H and O–H groups in total. The van der Waals surface area contributed by atoms with E-state index in [1.54, 1.807) is 11.8 Å². The minimum Gasteiger partial charge on any atom is -0.480 e. The standard InChI is InChI=1S/C10H18N2O5S/c1-2-18-5-3-4-11-10(16)12-8(13)6-17-7-9(14)15/h2-7H2,1H3,(H,14,15)(H2,11,12,13,16). The maximum absolute atomic E-state index is 11.2. The Hall–Kier alpha value is -1.28. The minimum atomic E-state index is -1.17. The SMILES string of the molecule is CCSCCCNC(=O)NC(=O)COCC(=O)O. The maximum atomic E-state index is 11.2. The van der Waals surface area contributed by atoms with Gasteiger partial charge in [0.15, 0.2) is 0 Å². The summed E-state index contributed by atoms with van der Waals surface area (Å²) in [4.78, 5) is 32.3. The maximum Gasteiger partial charge on any atom is 0.329 e. The Morgan fingerprint density at radius 3 is 2.61 bits per heavy atom. The van der Waals surface area contributed by atoms with Crippen LogP contribution in [-0.4, -0.2) is 54.3 Å². The Labute approximate surface area is 110 Å². The van der Waals surface area contributed by atoms with Gasteiger partial charge in [-0.15, -0.1) is 0 Å². The molecule has 0 aliphatic heterocycles. The number of hydrogen-bond donors (Lipinski definition) is 3. The van der Waals surface area contributed by atoms with Crippen LogP contribution in [0.5, 0.6) is 0 Å². The molecule has 0 radical (unpaired) electrons. The lowest BCUT2D eigenvalue weighted by Gasteiger charge is -2.06. The predicted octanol–water partition coefficient (Wildman–Crippen LogP) is 0.0566. The Balaban J connectivity index is 3.49. The number of hydrogen-bond acceptors (Lipinski definition) is 5. The van der Waals surface area contributed by atoms with Crippen LogP contribution in [0, 0.1) is 0 Å². The van der Waals surface area contributed by atoms with Gasteiger partial charge in [-0.05, 0) is 17.9 Å². The van der Waals surface area contributed by atoms with E-state index in [9.17, 15) is 14.4 Å². The number of imide groups is 1. The number of urea groups is 1. The van der Waals surface area contributed by atoms with Gasteiger partial charge in [-0.1, -0.05) is 6.92 Å². The van der Waals surface area contributed by atoms with E-state index in [1.165, 1.54) is 0 Å². The predicted molar refractivity (Wildman–Crippen MR) is 67.6 cm³/mol. The molecule has 0 fully saturated rings. The molecule has 0 aliphatic carbocycles. The number of aliphatic carboxylic acids is 1. The second-order valence-electron chi connectivity index (χ2n) is 3.24. The summed E-state index contributed by atoms with van der Waals surface area (Å²) in [6.07, 6.45) is 0.829. The molecule has 8 heteroatoms. The van der Waals surface area contributed by atoms with Crippen LogP contribution in [-0.2, 0) is 14.3 Å². The first-order valence-corrected chi connectivity index (χ1v) is 6.66. The van der Waals surface area contributed by atoms with Crippen LogP contribution < -0.4 is 10.6 Å². The van der Waals surface area contributed by atoms with Crippen LogP contribution in [0.4, 0.5) is 4.79 Å². The van der Waals surface area contributed by atoms with Gasteiger partial charge in [-0.3, -0.25) is 10.1 Å². The zero-order valence-electron chi connectivity index (χ0n) is 10.2. The lowest BCUT2D eigenvalue weighted by molar-refractivity contribution is -0.143. The third-order valence-corrected chi connectivity index (χ3v) is 2.65. The molecule has 18 heavy (non-hydrogen) atoms. The fraction of sp³-hybridized carbons (Fsp3) is 0.700. The number of carboxylic acids is 1. The van der Waals surface area contributed by atoms with Gasteiger partial charge >= 0.3 is 12.0 Å². The summed E-state index contributed by atoms with van der Waals surface area (Å²) in [5, 5.41) is 12.8. The van der Waals surface area contributed by atoms with E-state index < -0.39 is 31.1 Å². The molecule has 0 bridgehead atoms. The van der Waals surface area contributed by atoms with Crippen molar-refractivity contribution in [3.05, 3.63) is 0 Å².